The molecule has 2 bridgehead atoms. The summed E-state index contributed by atoms with van der Waals surface area (Å²) in [6.07, 6.45) is 0. The molecule has 0 amide bonds. The second kappa shape index (κ2) is 11.9. The van der Waals surface area contributed by atoms with Crippen LogP contribution < -0.4 is 0 Å². The van der Waals surface area contributed by atoms with Gasteiger partial charge in [-0.2, -0.15) is 0 Å². The minimum absolute atomic E-state index is 0.585. The second-order valence-corrected chi connectivity index (χ2v) is 13.6. The van der Waals surface area contributed by atoms with E-state index < -0.39 is 0 Å². The first kappa shape index (κ1) is 30.3. The molecule has 10 aromatic rings. The first-order chi connectivity index (χ1) is 26.7. The largest absolute Gasteiger partial charge is 0.455 e. The van der Waals surface area contributed by atoms with Gasteiger partial charge in [0.1, 0.15) is 17.0 Å². The van der Waals surface area contributed by atoms with Gasteiger partial charge in [0, 0.05) is 49.7 Å². The van der Waals surface area contributed by atoms with E-state index in [0.717, 1.165) is 100 Å². The number of aryl methyl sites for hydroxylation is 1. The molecule has 0 N–H and O–H groups in total. The van der Waals surface area contributed by atoms with E-state index >= 15 is 0 Å². The highest BCUT2D eigenvalue weighted by Crippen LogP contribution is 2.53. The van der Waals surface area contributed by atoms with Crippen molar-refractivity contribution in [3.05, 3.63) is 164 Å². The van der Waals surface area contributed by atoms with E-state index in [1.54, 1.807) is 0 Å². The number of rotatable bonds is 5. The minimum Gasteiger partial charge on any atom is -0.455 e. The molecule has 2 aliphatic carbocycles. The number of benzene rings is 6. The number of hydrogen-bond acceptors (Lipinski definition) is 6. The first-order valence-corrected chi connectivity index (χ1v) is 18.0. The molecular weight excluding hydrogens is 663 g/mol. The number of furan rings is 1. The van der Waals surface area contributed by atoms with Crippen molar-refractivity contribution in [3.8, 4) is 90.1 Å². The quantitative estimate of drug-likeness (QED) is 0.179. The molecule has 0 radical (unpaired) electrons. The highest BCUT2D eigenvalue weighted by atomic mass is 16.3. The Hall–Kier alpha value is -7.31. The van der Waals surface area contributed by atoms with Gasteiger partial charge < -0.3 is 4.42 Å². The minimum atomic E-state index is 0.585. The molecule has 3 aromatic heterocycles. The fraction of sp³-hybridized carbons (Fsp3) is 0.0208. The zero-order valence-electron chi connectivity index (χ0n) is 29.2. The third-order valence-corrected chi connectivity index (χ3v) is 10.3. The number of para-hydroxylation sites is 1. The number of aromatic nitrogens is 5. The molecule has 6 nitrogen and oxygen atoms in total. The fourth-order valence-electron chi connectivity index (χ4n) is 7.90. The summed E-state index contributed by atoms with van der Waals surface area (Å²) in [6, 6.07) is 54.0. The van der Waals surface area contributed by atoms with Crippen LogP contribution in [-0.4, -0.2) is 24.9 Å². The van der Waals surface area contributed by atoms with Crippen LogP contribution in [-0.2, 0) is 0 Å². The summed E-state index contributed by atoms with van der Waals surface area (Å²) in [5, 5.41) is 1.96. The molecule has 54 heavy (non-hydrogen) atoms. The summed E-state index contributed by atoms with van der Waals surface area (Å²) in [5.74, 6) is 2.55. The lowest BCUT2D eigenvalue weighted by molar-refractivity contribution is 0.670. The van der Waals surface area contributed by atoms with Crippen LogP contribution in [0.3, 0.4) is 0 Å². The zero-order chi connectivity index (χ0) is 35.8. The van der Waals surface area contributed by atoms with Gasteiger partial charge in [0.25, 0.3) is 0 Å². The van der Waals surface area contributed by atoms with Gasteiger partial charge in [-0.05, 0) is 59.5 Å². The monoisotopic (exact) mass is 691 g/mol. The second-order valence-electron chi connectivity index (χ2n) is 13.6. The summed E-state index contributed by atoms with van der Waals surface area (Å²) < 4.78 is 6.83. The summed E-state index contributed by atoms with van der Waals surface area (Å²) in [5.41, 5.74) is 14.9. The van der Waals surface area contributed by atoms with E-state index in [4.69, 9.17) is 29.3 Å². The smallest absolute Gasteiger partial charge is 0.164 e. The SMILES string of the molecule is Cc1nc(-c2ccccc2)c2c(n1)-c1cccc(-c3ccc(-c4nc(-c5ccccc5)nc(-c5ccccc5)n4)c4c3oc3ccccc34)c1-c1cc-2c1. The van der Waals surface area contributed by atoms with E-state index in [1.165, 1.54) is 0 Å². The molecule has 3 heterocycles. The van der Waals surface area contributed by atoms with Gasteiger partial charge in [-0.15, -0.1) is 0 Å². The molecule has 0 unspecified atom stereocenters. The number of hydrogen-bond donors (Lipinski definition) is 0. The third-order valence-electron chi connectivity index (χ3n) is 10.3. The van der Waals surface area contributed by atoms with Crippen LogP contribution >= 0.6 is 0 Å². The Morgan fingerprint density at radius 3 is 1.65 bits per heavy atom. The maximum atomic E-state index is 6.83. The van der Waals surface area contributed by atoms with Gasteiger partial charge in [-0.1, -0.05) is 127 Å². The lowest BCUT2D eigenvalue weighted by Gasteiger charge is -2.16. The van der Waals surface area contributed by atoms with Crippen molar-refractivity contribution in [2.75, 3.05) is 0 Å². The van der Waals surface area contributed by atoms with Crippen molar-refractivity contribution in [1.82, 2.24) is 24.9 Å². The van der Waals surface area contributed by atoms with Gasteiger partial charge in [0.05, 0.1) is 11.4 Å². The van der Waals surface area contributed by atoms with E-state index in [1.807, 2.05) is 85.8 Å². The predicted molar refractivity (Wildman–Crippen MR) is 216 cm³/mol. The highest BCUT2D eigenvalue weighted by Gasteiger charge is 2.30. The van der Waals surface area contributed by atoms with Crippen LogP contribution in [0.5, 0.6) is 0 Å². The van der Waals surface area contributed by atoms with E-state index in [9.17, 15) is 0 Å². The lowest BCUT2D eigenvalue weighted by Crippen LogP contribution is -2.00. The topological polar surface area (TPSA) is 77.6 Å². The maximum absolute atomic E-state index is 6.83. The number of fused-ring (bicyclic) bond motifs is 3. The Morgan fingerprint density at radius 1 is 0.389 bits per heavy atom. The molecule has 252 valence electrons. The molecule has 0 spiro atoms. The molecule has 0 fully saturated rings. The van der Waals surface area contributed by atoms with E-state index in [-0.39, 0.29) is 0 Å². The van der Waals surface area contributed by atoms with Gasteiger partial charge in [-0.25, -0.2) is 24.9 Å². The molecular formula is C48H29N5O. The average Bonchev–Trinajstić information content (AvgIpc) is 3.47. The van der Waals surface area contributed by atoms with E-state index in [2.05, 4.69) is 78.9 Å². The van der Waals surface area contributed by atoms with Crippen molar-refractivity contribution < 1.29 is 4.42 Å². The van der Waals surface area contributed by atoms with Crippen molar-refractivity contribution in [1.29, 1.82) is 0 Å². The first-order valence-electron chi connectivity index (χ1n) is 18.0. The van der Waals surface area contributed by atoms with Crippen LogP contribution in [0, 0.1) is 6.92 Å². The molecule has 0 aliphatic heterocycles. The molecule has 7 aromatic carbocycles. The lowest BCUT2D eigenvalue weighted by atomic mass is 9.88. The predicted octanol–water partition coefficient (Wildman–Crippen LogP) is 12.0. The van der Waals surface area contributed by atoms with Crippen LogP contribution in [0.1, 0.15) is 5.82 Å². The molecule has 0 atom stereocenters. The van der Waals surface area contributed by atoms with Crippen molar-refractivity contribution in [2.24, 2.45) is 0 Å². The standard InChI is InChI=1S/C48H29N5O/c1-28-49-43(29-14-5-2-6-15-29)41-33-26-32(27-33)40-34(21-13-22-37(40)44(41)50-28)35-24-25-38(42-36-20-11-12-23-39(36)54-45(35)42)48-52-46(30-16-7-3-8-17-30)51-47(53-48)31-18-9-4-10-19-31/h2-27H,1H3. The Morgan fingerprint density at radius 2 is 0.944 bits per heavy atom. The van der Waals surface area contributed by atoms with Crippen LogP contribution in [0.4, 0.5) is 0 Å². The van der Waals surface area contributed by atoms with Gasteiger partial charge in [0.2, 0.25) is 0 Å². The van der Waals surface area contributed by atoms with E-state index in [0.29, 0.717) is 17.5 Å². The normalized spacial score (nSPS) is 11.8. The summed E-state index contributed by atoms with van der Waals surface area (Å²) >= 11 is 0. The van der Waals surface area contributed by atoms with Gasteiger partial charge >= 0.3 is 0 Å². The molecule has 0 saturated carbocycles. The Balaban J connectivity index is 1.16. The highest BCUT2D eigenvalue weighted by molar-refractivity contribution is 6.17. The molecule has 0 saturated heterocycles. The number of nitrogens with zero attached hydrogens (tertiary/aromatic N) is 5. The summed E-state index contributed by atoms with van der Waals surface area (Å²) in [4.78, 5) is 25.2. The summed E-state index contributed by atoms with van der Waals surface area (Å²) in [6.45, 7) is 1.97. The maximum Gasteiger partial charge on any atom is 0.164 e. The van der Waals surface area contributed by atoms with Crippen molar-refractivity contribution >= 4 is 21.9 Å². The third kappa shape index (κ3) is 4.70. The van der Waals surface area contributed by atoms with Gasteiger partial charge in [-0.3, -0.25) is 0 Å². The molecule has 2 aliphatic rings. The zero-order valence-corrected chi connectivity index (χ0v) is 29.2. The summed E-state index contributed by atoms with van der Waals surface area (Å²) in [7, 11) is 0. The average molecular weight is 692 g/mol. The fourth-order valence-corrected chi connectivity index (χ4v) is 7.90. The van der Waals surface area contributed by atoms with Crippen LogP contribution in [0.25, 0.3) is 112 Å². The Labute approximate surface area is 310 Å². The van der Waals surface area contributed by atoms with Gasteiger partial charge in [0.15, 0.2) is 17.5 Å². The van der Waals surface area contributed by atoms with Crippen LogP contribution in [0.2, 0.25) is 0 Å². The Kier molecular flexibility index (Phi) is 6.67. The van der Waals surface area contributed by atoms with Crippen molar-refractivity contribution in [2.45, 2.75) is 6.92 Å². The molecule has 12 rings (SSSR count). The Bertz CT molecular complexity index is 2980. The van der Waals surface area contributed by atoms with Crippen molar-refractivity contribution in [3.63, 3.8) is 0 Å². The van der Waals surface area contributed by atoms with Crippen LogP contribution in [0.15, 0.2) is 162 Å². The molecule has 6 heteroatoms.